The lowest BCUT2D eigenvalue weighted by Crippen LogP contribution is -2.18. The van der Waals surface area contributed by atoms with E-state index in [-0.39, 0.29) is 5.82 Å². The monoisotopic (exact) mass is 504 g/mol. The van der Waals surface area contributed by atoms with Gasteiger partial charge in [-0.25, -0.2) is 9.37 Å². The maximum atomic E-state index is 13.0. The molecular weight excluding hydrogens is 484 g/mol. The third-order valence-corrected chi connectivity index (χ3v) is 6.66. The molecule has 0 aliphatic rings. The normalized spacial score (nSPS) is 11.1. The first kappa shape index (κ1) is 25.1. The van der Waals surface area contributed by atoms with Crippen LogP contribution in [-0.4, -0.2) is 17.6 Å². The van der Waals surface area contributed by atoms with Gasteiger partial charge in [-0.05, 0) is 73.4 Å². The highest BCUT2D eigenvalue weighted by Crippen LogP contribution is 2.35. The van der Waals surface area contributed by atoms with Gasteiger partial charge in [0.05, 0.1) is 28.3 Å². The molecule has 33 heavy (non-hydrogen) atoms. The van der Waals surface area contributed by atoms with Gasteiger partial charge in [-0.3, -0.25) is 0 Å². The maximum absolute atomic E-state index is 13.0. The number of carbonyl (C=O) groups is 1. The van der Waals surface area contributed by atoms with Crippen molar-refractivity contribution >= 4 is 47.0 Å². The zero-order valence-corrected chi connectivity index (χ0v) is 19.9. The summed E-state index contributed by atoms with van der Waals surface area (Å²) in [5, 5.41) is 12.0. The van der Waals surface area contributed by atoms with Crippen LogP contribution in [0.5, 0.6) is 5.75 Å². The molecule has 0 fully saturated rings. The number of thioether (sulfide) groups is 1. The Bertz CT molecular complexity index is 1100. The first-order valence-electron chi connectivity index (χ1n) is 10.3. The SMILES string of the molecule is O=C([O-])/C=C/c1nc(CSc2c(Cl)cccc2Cl)ccc1OCCCCc1ccc(F)cc1. The predicted octanol–water partition coefficient (Wildman–Crippen LogP) is 5.98. The average Bonchev–Trinajstić information content (AvgIpc) is 2.79. The highest BCUT2D eigenvalue weighted by atomic mass is 35.5. The predicted molar refractivity (Wildman–Crippen MR) is 129 cm³/mol. The second-order valence-electron chi connectivity index (χ2n) is 7.11. The zero-order chi connectivity index (χ0) is 23.6. The molecule has 0 N–H and O–H groups in total. The van der Waals surface area contributed by atoms with Gasteiger partial charge in [-0.15, -0.1) is 11.8 Å². The number of carboxylic acids is 1. The number of nitrogens with zero attached hydrogens (tertiary/aromatic N) is 1. The fourth-order valence-electron chi connectivity index (χ4n) is 3.00. The van der Waals surface area contributed by atoms with Crippen LogP contribution in [0, 0.1) is 5.82 Å². The summed E-state index contributed by atoms with van der Waals surface area (Å²) < 4.78 is 18.8. The molecule has 1 heterocycles. The lowest BCUT2D eigenvalue weighted by atomic mass is 10.1. The number of ether oxygens (including phenoxy) is 1. The minimum atomic E-state index is -1.32. The van der Waals surface area contributed by atoms with Crippen LogP contribution < -0.4 is 9.84 Å². The number of halogens is 3. The molecule has 0 aliphatic heterocycles. The molecule has 0 aliphatic carbocycles. The Labute approximate surface area is 206 Å². The van der Waals surface area contributed by atoms with Gasteiger partial charge in [0.2, 0.25) is 0 Å². The molecule has 1 aromatic heterocycles. The fourth-order valence-corrected chi connectivity index (χ4v) is 4.59. The summed E-state index contributed by atoms with van der Waals surface area (Å²) in [6, 6.07) is 15.4. The van der Waals surface area contributed by atoms with Gasteiger partial charge >= 0.3 is 0 Å². The highest BCUT2D eigenvalue weighted by Gasteiger charge is 2.09. The average molecular weight is 505 g/mol. The molecule has 0 unspecified atom stereocenters. The molecule has 0 amide bonds. The van der Waals surface area contributed by atoms with Crippen LogP contribution in [0.25, 0.3) is 6.08 Å². The molecule has 0 atom stereocenters. The first-order chi connectivity index (χ1) is 15.9. The Morgan fingerprint density at radius 1 is 1.06 bits per heavy atom. The van der Waals surface area contributed by atoms with Crippen molar-refractivity contribution in [3.63, 3.8) is 0 Å². The van der Waals surface area contributed by atoms with E-state index in [2.05, 4.69) is 4.98 Å². The number of hydrogen-bond acceptors (Lipinski definition) is 5. The number of aliphatic carboxylic acids is 1. The Hall–Kier alpha value is -2.54. The van der Waals surface area contributed by atoms with Crippen molar-refractivity contribution in [2.75, 3.05) is 6.61 Å². The van der Waals surface area contributed by atoms with Gasteiger partial charge < -0.3 is 14.6 Å². The van der Waals surface area contributed by atoms with Gasteiger partial charge in [0.25, 0.3) is 0 Å². The van der Waals surface area contributed by atoms with E-state index in [4.69, 9.17) is 27.9 Å². The Kier molecular flexibility index (Phi) is 9.61. The molecular formula is C25H21Cl2FNO3S-. The second-order valence-corrected chi connectivity index (χ2v) is 8.91. The minimum Gasteiger partial charge on any atom is -0.545 e. The number of aryl methyl sites for hydroxylation is 1. The number of rotatable bonds is 11. The van der Waals surface area contributed by atoms with Crippen molar-refractivity contribution < 1.29 is 19.0 Å². The van der Waals surface area contributed by atoms with E-state index < -0.39 is 5.97 Å². The molecule has 0 bridgehead atoms. The molecule has 2 aromatic carbocycles. The number of carbonyl (C=O) groups excluding carboxylic acids is 1. The Balaban J connectivity index is 1.60. The lowest BCUT2D eigenvalue weighted by molar-refractivity contribution is -0.297. The molecule has 3 rings (SSSR count). The van der Waals surface area contributed by atoms with Crippen molar-refractivity contribution in [1.82, 2.24) is 4.98 Å². The van der Waals surface area contributed by atoms with Gasteiger partial charge in [-0.1, -0.05) is 41.4 Å². The maximum Gasteiger partial charge on any atom is 0.144 e. The van der Waals surface area contributed by atoms with Gasteiger partial charge in [0.15, 0.2) is 0 Å². The fraction of sp³-hybridized carbons (Fsp3) is 0.200. The number of pyridine rings is 1. The van der Waals surface area contributed by atoms with Crippen LogP contribution in [0.3, 0.4) is 0 Å². The highest BCUT2D eigenvalue weighted by molar-refractivity contribution is 7.98. The molecule has 4 nitrogen and oxygen atoms in total. The number of aromatic nitrogens is 1. The van der Waals surface area contributed by atoms with Crippen LogP contribution >= 0.6 is 35.0 Å². The van der Waals surface area contributed by atoms with Crippen molar-refractivity contribution in [2.24, 2.45) is 0 Å². The zero-order valence-electron chi connectivity index (χ0n) is 17.6. The quantitative estimate of drug-likeness (QED) is 0.182. The second kappa shape index (κ2) is 12.6. The van der Waals surface area contributed by atoms with Gasteiger partial charge in [0.1, 0.15) is 17.3 Å². The van der Waals surface area contributed by atoms with Gasteiger partial charge in [0, 0.05) is 10.6 Å². The van der Waals surface area contributed by atoms with Crippen LogP contribution in [0.4, 0.5) is 4.39 Å². The van der Waals surface area contributed by atoms with E-state index in [0.717, 1.165) is 41.5 Å². The summed E-state index contributed by atoms with van der Waals surface area (Å²) in [7, 11) is 0. The van der Waals surface area contributed by atoms with E-state index in [9.17, 15) is 14.3 Å². The summed E-state index contributed by atoms with van der Waals surface area (Å²) >= 11 is 13.9. The number of benzene rings is 2. The Morgan fingerprint density at radius 3 is 2.48 bits per heavy atom. The van der Waals surface area contributed by atoms with E-state index in [0.29, 0.717) is 33.8 Å². The smallest absolute Gasteiger partial charge is 0.144 e. The number of unbranched alkanes of at least 4 members (excludes halogenated alkanes) is 1. The summed E-state index contributed by atoms with van der Waals surface area (Å²) in [4.78, 5) is 16.2. The summed E-state index contributed by atoms with van der Waals surface area (Å²) in [5.41, 5.74) is 2.19. The van der Waals surface area contributed by atoms with Crippen LogP contribution in [0.2, 0.25) is 10.0 Å². The molecule has 0 saturated heterocycles. The Morgan fingerprint density at radius 2 is 1.79 bits per heavy atom. The number of hydrogen-bond donors (Lipinski definition) is 0. The number of carboxylic acid groups (broad SMARTS) is 1. The van der Waals surface area contributed by atoms with E-state index in [1.54, 1.807) is 36.4 Å². The van der Waals surface area contributed by atoms with Crippen LogP contribution in [-0.2, 0) is 17.0 Å². The van der Waals surface area contributed by atoms with Gasteiger partial charge in [-0.2, -0.15) is 0 Å². The summed E-state index contributed by atoms with van der Waals surface area (Å²) in [5.74, 6) is -0.583. The third-order valence-electron chi connectivity index (χ3n) is 4.63. The van der Waals surface area contributed by atoms with Crippen molar-refractivity contribution in [1.29, 1.82) is 0 Å². The largest absolute Gasteiger partial charge is 0.545 e. The molecule has 8 heteroatoms. The van der Waals surface area contributed by atoms with Crippen LogP contribution in [0.15, 0.2) is 65.6 Å². The van der Waals surface area contributed by atoms with Crippen molar-refractivity contribution in [3.8, 4) is 5.75 Å². The van der Waals surface area contributed by atoms with E-state index in [1.165, 1.54) is 30.0 Å². The van der Waals surface area contributed by atoms with Crippen LogP contribution in [0.1, 0.15) is 29.8 Å². The van der Waals surface area contributed by atoms with Crippen molar-refractivity contribution in [2.45, 2.75) is 29.9 Å². The van der Waals surface area contributed by atoms with Crippen molar-refractivity contribution in [3.05, 3.63) is 93.5 Å². The van der Waals surface area contributed by atoms with E-state index in [1.807, 2.05) is 6.07 Å². The third kappa shape index (κ3) is 8.07. The lowest BCUT2D eigenvalue weighted by Gasteiger charge is -2.11. The standard InChI is InChI=1S/C25H22Cl2FNO3S/c26-20-5-3-6-21(27)25(20)33-16-19-11-13-23(22(29-19)12-14-24(30)31)32-15-2-1-4-17-7-9-18(28)10-8-17/h3,5-14H,1-2,4,15-16H2,(H,30,31)/p-1/b14-12+. The summed E-state index contributed by atoms with van der Waals surface area (Å²) in [6.07, 6.45) is 4.76. The molecule has 0 radical (unpaired) electrons. The molecule has 0 saturated carbocycles. The topological polar surface area (TPSA) is 62.2 Å². The molecule has 0 spiro atoms. The summed E-state index contributed by atoms with van der Waals surface area (Å²) in [6.45, 7) is 0.443. The molecule has 3 aromatic rings. The molecule has 172 valence electrons. The minimum absolute atomic E-state index is 0.247. The van der Waals surface area contributed by atoms with E-state index >= 15 is 0 Å². The first-order valence-corrected chi connectivity index (χ1v) is 12.0.